The fourth-order valence-electron chi connectivity index (χ4n) is 3.17. The van der Waals surface area contributed by atoms with Crippen LogP contribution >= 0.6 is 0 Å². The van der Waals surface area contributed by atoms with Crippen LogP contribution in [-0.2, 0) is 0 Å². The average Bonchev–Trinajstić information content (AvgIpc) is 2.54. The molecule has 6 heteroatoms. The van der Waals surface area contributed by atoms with Gasteiger partial charge in [-0.3, -0.25) is 0 Å². The number of pyridine rings is 2. The molecular weight excluding hydrogens is 302 g/mol. The van der Waals surface area contributed by atoms with Crippen LogP contribution in [0.2, 0.25) is 0 Å². The standard InChI is InChI=1S/C18H23N5O/c1-11(2)21-18-16-8-17(22-13-4-3-5-15(24)7-13)20-10-12(16)6-14(9-19)23-18/h6,8,10-11,13,15,24H,3-5,7H2,1-2H3,(H,20,22)(H,21,23)/t13-,15+/m0/s1. The molecule has 0 saturated heterocycles. The number of aliphatic hydroxyl groups is 1. The van der Waals surface area contributed by atoms with Gasteiger partial charge in [0.25, 0.3) is 0 Å². The molecule has 6 nitrogen and oxygen atoms in total. The van der Waals surface area contributed by atoms with Gasteiger partial charge in [-0.2, -0.15) is 5.26 Å². The molecule has 1 saturated carbocycles. The molecule has 2 aromatic heterocycles. The van der Waals surface area contributed by atoms with Gasteiger partial charge in [-0.15, -0.1) is 0 Å². The van der Waals surface area contributed by atoms with E-state index in [0.29, 0.717) is 11.5 Å². The molecular formula is C18H23N5O. The number of hydrogen-bond acceptors (Lipinski definition) is 6. The minimum Gasteiger partial charge on any atom is -0.393 e. The second kappa shape index (κ2) is 7.02. The predicted molar refractivity (Wildman–Crippen MR) is 94.9 cm³/mol. The fourth-order valence-corrected chi connectivity index (χ4v) is 3.17. The first-order chi connectivity index (χ1) is 11.5. The quantitative estimate of drug-likeness (QED) is 0.800. The topological polar surface area (TPSA) is 93.9 Å². The highest BCUT2D eigenvalue weighted by atomic mass is 16.3. The molecule has 0 aliphatic heterocycles. The number of anilines is 2. The third-order valence-corrected chi connectivity index (χ3v) is 4.25. The van der Waals surface area contributed by atoms with Gasteiger partial charge >= 0.3 is 0 Å². The van der Waals surface area contributed by atoms with E-state index in [4.69, 9.17) is 5.26 Å². The lowest BCUT2D eigenvalue weighted by molar-refractivity contribution is 0.124. The molecule has 3 rings (SSSR count). The molecule has 1 aliphatic carbocycles. The summed E-state index contributed by atoms with van der Waals surface area (Å²) in [6.45, 7) is 4.08. The summed E-state index contributed by atoms with van der Waals surface area (Å²) in [5.41, 5.74) is 0.378. The molecule has 0 unspecified atom stereocenters. The number of hydrogen-bond donors (Lipinski definition) is 3. The fraction of sp³-hybridized carbons (Fsp3) is 0.500. The second-order valence-corrected chi connectivity index (χ2v) is 6.72. The van der Waals surface area contributed by atoms with Gasteiger partial charge < -0.3 is 15.7 Å². The van der Waals surface area contributed by atoms with E-state index in [0.717, 1.165) is 42.3 Å². The van der Waals surface area contributed by atoms with Crippen LogP contribution < -0.4 is 10.6 Å². The first-order valence-electron chi connectivity index (χ1n) is 8.47. The van der Waals surface area contributed by atoms with E-state index in [1.54, 1.807) is 12.3 Å². The SMILES string of the molecule is CC(C)Nc1nc(C#N)cc2cnc(N[C@H]3CCC[C@@H](O)C3)cc12. The van der Waals surface area contributed by atoms with Crippen molar-refractivity contribution in [1.82, 2.24) is 9.97 Å². The molecule has 126 valence electrons. The Balaban J connectivity index is 1.92. The zero-order chi connectivity index (χ0) is 17.1. The van der Waals surface area contributed by atoms with Gasteiger partial charge in [-0.05, 0) is 51.7 Å². The van der Waals surface area contributed by atoms with E-state index < -0.39 is 0 Å². The van der Waals surface area contributed by atoms with Crippen LogP contribution in [0.3, 0.4) is 0 Å². The van der Waals surface area contributed by atoms with Gasteiger partial charge in [0.2, 0.25) is 0 Å². The van der Waals surface area contributed by atoms with E-state index in [1.807, 2.05) is 19.9 Å². The van der Waals surface area contributed by atoms with Crippen molar-refractivity contribution in [2.45, 2.75) is 57.7 Å². The Morgan fingerprint density at radius 1 is 1.33 bits per heavy atom. The Hall–Kier alpha value is -2.39. The van der Waals surface area contributed by atoms with Crippen molar-refractivity contribution in [3.63, 3.8) is 0 Å². The Labute approximate surface area is 141 Å². The molecule has 3 N–H and O–H groups in total. The van der Waals surface area contributed by atoms with Gasteiger partial charge in [0.15, 0.2) is 0 Å². The van der Waals surface area contributed by atoms with E-state index >= 15 is 0 Å². The average molecular weight is 325 g/mol. The summed E-state index contributed by atoms with van der Waals surface area (Å²) in [5.74, 6) is 1.48. The summed E-state index contributed by atoms with van der Waals surface area (Å²) in [5, 5.41) is 27.5. The third kappa shape index (κ3) is 3.74. The van der Waals surface area contributed by atoms with Crippen molar-refractivity contribution >= 4 is 22.4 Å². The first-order valence-corrected chi connectivity index (χ1v) is 8.47. The number of nitriles is 1. The summed E-state index contributed by atoms with van der Waals surface area (Å²) in [6, 6.07) is 6.27. The predicted octanol–water partition coefficient (Wildman–Crippen LogP) is 3.04. The molecule has 1 aliphatic rings. The molecule has 2 aromatic rings. The van der Waals surface area contributed by atoms with Gasteiger partial charge in [0, 0.05) is 29.1 Å². The van der Waals surface area contributed by atoms with Gasteiger partial charge in [-0.25, -0.2) is 9.97 Å². The number of nitrogens with one attached hydrogen (secondary N) is 2. The Morgan fingerprint density at radius 2 is 2.17 bits per heavy atom. The van der Waals surface area contributed by atoms with E-state index in [2.05, 4.69) is 26.7 Å². The first kappa shape index (κ1) is 16.5. The summed E-state index contributed by atoms with van der Waals surface area (Å²) < 4.78 is 0. The lowest BCUT2D eigenvalue weighted by Gasteiger charge is -2.27. The number of aromatic nitrogens is 2. The summed E-state index contributed by atoms with van der Waals surface area (Å²) in [7, 11) is 0. The molecule has 2 heterocycles. The van der Waals surface area contributed by atoms with Crippen LogP contribution in [0.5, 0.6) is 0 Å². The monoisotopic (exact) mass is 325 g/mol. The van der Waals surface area contributed by atoms with Crippen LogP contribution in [0.1, 0.15) is 45.2 Å². The van der Waals surface area contributed by atoms with Crippen molar-refractivity contribution in [3.8, 4) is 6.07 Å². The molecule has 1 fully saturated rings. The van der Waals surface area contributed by atoms with Crippen LogP contribution in [0.25, 0.3) is 10.8 Å². The Kier molecular flexibility index (Phi) is 4.81. The molecule has 0 radical (unpaired) electrons. The molecule has 0 spiro atoms. The van der Waals surface area contributed by atoms with Crippen LogP contribution in [-0.4, -0.2) is 33.3 Å². The zero-order valence-electron chi connectivity index (χ0n) is 14.1. The van der Waals surface area contributed by atoms with E-state index in [9.17, 15) is 5.11 Å². The van der Waals surface area contributed by atoms with Crippen molar-refractivity contribution in [2.75, 3.05) is 10.6 Å². The number of rotatable bonds is 4. The summed E-state index contributed by atoms with van der Waals surface area (Å²) in [4.78, 5) is 8.86. The maximum Gasteiger partial charge on any atom is 0.143 e. The lowest BCUT2D eigenvalue weighted by atomic mass is 9.93. The minimum atomic E-state index is -0.227. The van der Waals surface area contributed by atoms with Crippen molar-refractivity contribution in [3.05, 3.63) is 24.0 Å². The molecule has 0 aromatic carbocycles. The van der Waals surface area contributed by atoms with Gasteiger partial charge in [0.1, 0.15) is 23.4 Å². The maximum absolute atomic E-state index is 9.82. The summed E-state index contributed by atoms with van der Waals surface area (Å²) >= 11 is 0. The largest absolute Gasteiger partial charge is 0.393 e. The molecule has 0 bridgehead atoms. The smallest absolute Gasteiger partial charge is 0.143 e. The number of nitrogens with zero attached hydrogens (tertiary/aromatic N) is 3. The van der Waals surface area contributed by atoms with E-state index in [1.165, 1.54) is 0 Å². The summed E-state index contributed by atoms with van der Waals surface area (Å²) in [6.07, 6.45) is 5.24. The van der Waals surface area contributed by atoms with Crippen molar-refractivity contribution < 1.29 is 5.11 Å². The second-order valence-electron chi connectivity index (χ2n) is 6.72. The van der Waals surface area contributed by atoms with Crippen molar-refractivity contribution in [2.24, 2.45) is 0 Å². The normalized spacial score (nSPS) is 20.8. The zero-order valence-corrected chi connectivity index (χ0v) is 14.1. The highest BCUT2D eigenvalue weighted by Crippen LogP contribution is 2.27. The highest BCUT2D eigenvalue weighted by molar-refractivity contribution is 5.93. The minimum absolute atomic E-state index is 0.215. The molecule has 24 heavy (non-hydrogen) atoms. The lowest BCUT2D eigenvalue weighted by Crippen LogP contribution is -2.30. The third-order valence-electron chi connectivity index (χ3n) is 4.25. The molecule has 2 atom stereocenters. The highest BCUT2D eigenvalue weighted by Gasteiger charge is 2.20. The van der Waals surface area contributed by atoms with Crippen LogP contribution in [0, 0.1) is 11.3 Å². The Bertz CT molecular complexity index is 768. The number of aliphatic hydroxyl groups excluding tert-OH is 1. The van der Waals surface area contributed by atoms with Gasteiger partial charge in [0.05, 0.1) is 6.10 Å². The van der Waals surface area contributed by atoms with Crippen LogP contribution in [0.4, 0.5) is 11.6 Å². The van der Waals surface area contributed by atoms with E-state index in [-0.39, 0.29) is 18.2 Å². The number of fused-ring (bicyclic) bond motifs is 1. The van der Waals surface area contributed by atoms with Crippen LogP contribution in [0.15, 0.2) is 18.3 Å². The molecule has 0 amide bonds. The Morgan fingerprint density at radius 3 is 2.88 bits per heavy atom. The van der Waals surface area contributed by atoms with Gasteiger partial charge in [-0.1, -0.05) is 0 Å². The van der Waals surface area contributed by atoms with Crippen molar-refractivity contribution in [1.29, 1.82) is 5.26 Å². The maximum atomic E-state index is 9.82.